The summed E-state index contributed by atoms with van der Waals surface area (Å²) in [5.74, 6) is 0.249. The molecule has 0 aliphatic heterocycles. The van der Waals surface area contributed by atoms with Crippen LogP contribution in [-0.2, 0) is 4.79 Å². The minimum absolute atomic E-state index is 0.0108. The van der Waals surface area contributed by atoms with E-state index in [2.05, 4.69) is 11.6 Å². The highest BCUT2D eigenvalue weighted by Crippen LogP contribution is 2.24. The van der Waals surface area contributed by atoms with E-state index in [4.69, 9.17) is 4.42 Å². The summed E-state index contributed by atoms with van der Waals surface area (Å²) >= 11 is 1.30. The predicted octanol–water partition coefficient (Wildman–Crippen LogP) is 4.14. The lowest BCUT2D eigenvalue weighted by Crippen LogP contribution is -2.32. The van der Waals surface area contributed by atoms with Gasteiger partial charge in [-0.15, -0.1) is 6.58 Å². The molecule has 0 bridgehead atoms. The third-order valence-electron chi connectivity index (χ3n) is 3.27. The maximum absolute atomic E-state index is 12.5. The number of rotatable bonds is 6. The van der Waals surface area contributed by atoms with Gasteiger partial charge in [-0.05, 0) is 24.3 Å². The summed E-state index contributed by atoms with van der Waals surface area (Å²) in [5, 5.41) is 0.506. The molecular formula is C18H16N2O2S. The summed E-state index contributed by atoms with van der Waals surface area (Å²) < 4.78 is 5.62. The lowest BCUT2D eigenvalue weighted by Gasteiger charge is -2.20. The lowest BCUT2D eigenvalue weighted by atomic mass is 10.3. The zero-order valence-electron chi connectivity index (χ0n) is 12.5. The Morgan fingerprint density at radius 2 is 1.91 bits per heavy atom. The number of aromatic nitrogens is 1. The summed E-state index contributed by atoms with van der Waals surface area (Å²) in [6.07, 6.45) is 1.72. The second-order valence-electron chi connectivity index (χ2n) is 4.86. The standard InChI is InChI=1S/C18H16N2O2S/c1-2-12-20(14-8-4-3-5-9-14)17(21)13-23-18-19-15-10-6-7-11-16(15)22-18/h2-11H,1,12-13H2. The summed E-state index contributed by atoms with van der Waals surface area (Å²) in [6, 6.07) is 17.1. The van der Waals surface area contributed by atoms with Crippen LogP contribution in [0.1, 0.15) is 0 Å². The van der Waals surface area contributed by atoms with E-state index < -0.39 is 0 Å². The van der Waals surface area contributed by atoms with Gasteiger partial charge in [0.05, 0.1) is 5.75 Å². The molecule has 0 N–H and O–H groups in total. The number of benzene rings is 2. The summed E-state index contributed by atoms with van der Waals surface area (Å²) in [5.41, 5.74) is 2.39. The SMILES string of the molecule is C=CCN(C(=O)CSc1nc2ccccc2o1)c1ccccc1. The van der Waals surface area contributed by atoms with Crippen molar-refractivity contribution >= 4 is 34.5 Å². The van der Waals surface area contributed by atoms with Crippen LogP contribution in [0.2, 0.25) is 0 Å². The van der Waals surface area contributed by atoms with Gasteiger partial charge in [-0.2, -0.15) is 0 Å². The molecular weight excluding hydrogens is 308 g/mol. The lowest BCUT2D eigenvalue weighted by molar-refractivity contribution is -0.116. The molecule has 0 atom stereocenters. The third kappa shape index (κ3) is 3.63. The Hall–Kier alpha value is -2.53. The van der Waals surface area contributed by atoms with E-state index in [0.29, 0.717) is 11.8 Å². The van der Waals surface area contributed by atoms with Gasteiger partial charge in [-0.1, -0.05) is 48.2 Å². The van der Waals surface area contributed by atoms with Crippen molar-refractivity contribution in [3.8, 4) is 0 Å². The van der Waals surface area contributed by atoms with Crippen molar-refractivity contribution in [3.05, 3.63) is 67.3 Å². The van der Waals surface area contributed by atoms with Crippen molar-refractivity contribution in [2.24, 2.45) is 0 Å². The average Bonchev–Trinajstić information content (AvgIpc) is 3.01. The Kier molecular flexibility index (Phi) is 4.78. The second kappa shape index (κ2) is 7.15. The molecule has 0 unspecified atom stereocenters. The van der Waals surface area contributed by atoms with Crippen LogP contribution in [0.5, 0.6) is 0 Å². The fourth-order valence-electron chi connectivity index (χ4n) is 2.20. The molecule has 3 rings (SSSR count). The topological polar surface area (TPSA) is 46.3 Å². The summed E-state index contributed by atoms with van der Waals surface area (Å²) in [7, 11) is 0. The number of nitrogens with zero attached hydrogens (tertiary/aromatic N) is 2. The smallest absolute Gasteiger partial charge is 0.257 e. The van der Waals surface area contributed by atoms with Crippen LogP contribution in [0.4, 0.5) is 5.69 Å². The molecule has 2 aromatic carbocycles. The molecule has 4 nitrogen and oxygen atoms in total. The number of hydrogen-bond donors (Lipinski definition) is 0. The fraction of sp³-hybridized carbons (Fsp3) is 0.111. The highest BCUT2D eigenvalue weighted by Gasteiger charge is 2.16. The first-order valence-corrected chi connectivity index (χ1v) is 8.21. The van der Waals surface area contributed by atoms with E-state index in [1.807, 2.05) is 54.6 Å². The number of hydrogen-bond acceptors (Lipinski definition) is 4. The Labute approximate surface area is 138 Å². The Balaban J connectivity index is 1.70. The molecule has 1 amide bonds. The minimum atomic E-state index is -0.0108. The zero-order valence-corrected chi connectivity index (χ0v) is 13.3. The maximum Gasteiger partial charge on any atom is 0.257 e. The van der Waals surface area contributed by atoms with E-state index in [1.54, 1.807) is 11.0 Å². The van der Waals surface area contributed by atoms with Gasteiger partial charge in [0.2, 0.25) is 5.91 Å². The van der Waals surface area contributed by atoms with Crippen molar-refractivity contribution in [2.75, 3.05) is 17.2 Å². The second-order valence-corrected chi connectivity index (χ2v) is 5.79. The average molecular weight is 324 g/mol. The van der Waals surface area contributed by atoms with E-state index >= 15 is 0 Å². The number of anilines is 1. The first-order valence-electron chi connectivity index (χ1n) is 7.22. The van der Waals surface area contributed by atoms with Crippen LogP contribution in [0.25, 0.3) is 11.1 Å². The zero-order chi connectivity index (χ0) is 16.1. The molecule has 1 aromatic heterocycles. The first kappa shape index (κ1) is 15.4. The number of carbonyl (C=O) groups excluding carboxylic acids is 1. The van der Waals surface area contributed by atoms with Crippen molar-refractivity contribution < 1.29 is 9.21 Å². The molecule has 116 valence electrons. The summed E-state index contributed by atoms with van der Waals surface area (Å²) in [4.78, 5) is 18.6. The van der Waals surface area contributed by atoms with Gasteiger partial charge in [0.25, 0.3) is 5.22 Å². The van der Waals surface area contributed by atoms with Crippen molar-refractivity contribution in [2.45, 2.75) is 5.22 Å². The number of oxazole rings is 1. The van der Waals surface area contributed by atoms with Crippen LogP contribution in [0.15, 0.2) is 76.9 Å². The molecule has 23 heavy (non-hydrogen) atoms. The number of amides is 1. The van der Waals surface area contributed by atoms with Gasteiger partial charge in [-0.25, -0.2) is 4.98 Å². The van der Waals surface area contributed by atoms with Crippen LogP contribution in [-0.4, -0.2) is 23.2 Å². The van der Waals surface area contributed by atoms with Crippen molar-refractivity contribution in [1.82, 2.24) is 4.98 Å². The predicted molar refractivity (Wildman–Crippen MR) is 93.7 cm³/mol. The largest absolute Gasteiger partial charge is 0.431 e. The first-order chi connectivity index (χ1) is 11.3. The quantitative estimate of drug-likeness (QED) is 0.505. The summed E-state index contributed by atoms with van der Waals surface area (Å²) in [6.45, 7) is 4.19. The van der Waals surface area contributed by atoms with Crippen LogP contribution in [0, 0.1) is 0 Å². The molecule has 0 fully saturated rings. The highest BCUT2D eigenvalue weighted by molar-refractivity contribution is 7.99. The molecule has 1 heterocycles. The van der Waals surface area contributed by atoms with Gasteiger partial charge < -0.3 is 9.32 Å². The minimum Gasteiger partial charge on any atom is -0.431 e. The van der Waals surface area contributed by atoms with Gasteiger partial charge in [0.15, 0.2) is 5.58 Å². The maximum atomic E-state index is 12.5. The normalized spacial score (nSPS) is 10.6. The number of fused-ring (bicyclic) bond motifs is 1. The molecule has 0 saturated heterocycles. The molecule has 0 saturated carbocycles. The Morgan fingerprint density at radius 3 is 2.65 bits per heavy atom. The third-order valence-corrected chi connectivity index (χ3v) is 4.09. The molecule has 5 heteroatoms. The van der Waals surface area contributed by atoms with Gasteiger partial charge in [-0.3, -0.25) is 4.79 Å². The number of thioether (sulfide) groups is 1. The van der Waals surface area contributed by atoms with Gasteiger partial charge in [0.1, 0.15) is 5.52 Å². The van der Waals surface area contributed by atoms with Crippen LogP contribution < -0.4 is 4.90 Å². The van der Waals surface area contributed by atoms with Crippen LogP contribution in [0.3, 0.4) is 0 Å². The van der Waals surface area contributed by atoms with Gasteiger partial charge >= 0.3 is 0 Å². The van der Waals surface area contributed by atoms with E-state index in [9.17, 15) is 4.79 Å². The van der Waals surface area contributed by atoms with E-state index in [-0.39, 0.29) is 11.7 Å². The highest BCUT2D eigenvalue weighted by atomic mass is 32.2. The van der Waals surface area contributed by atoms with Crippen molar-refractivity contribution in [1.29, 1.82) is 0 Å². The Morgan fingerprint density at radius 1 is 1.17 bits per heavy atom. The number of carbonyl (C=O) groups is 1. The molecule has 0 spiro atoms. The molecule has 0 radical (unpaired) electrons. The number of para-hydroxylation sites is 3. The van der Waals surface area contributed by atoms with Crippen molar-refractivity contribution in [3.63, 3.8) is 0 Å². The molecule has 0 aliphatic carbocycles. The molecule has 3 aromatic rings. The Bertz CT molecular complexity index is 781. The molecule has 0 aliphatic rings. The fourth-order valence-corrected chi connectivity index (χ4v) is 2.92. The van der Waals surface area contributed by atoms with E-state index in [0.717, 1.165) is 16.8 Å². The monoisotopic (exact) mass is 324 g/mol. The van der Waals surface area contributed by atoms with Crippen LogP contribution >= 0.6 is 11.8 Å². The van der Waals surface area contributed by atoms with E-state index in [1.165, 1.54) is 11.8 Å². The van der Waals surface area contributed by atoms with Gasteiger partial charge in [0, 0.05) is 12.2 Å².